The van der Waals surface area contributed by atoms with Gasteiger partial charge in [0.05, 0.1) is 11.3 Å². The lowest BCUT2D eigenvalue weighted by molar-refractivity contribution is -0.137. The Labute approximate surface area is 142 Å². The maximum Gasteiger partial charge on any atom is 0.418 e. The Balaban J connectivity index is 1.72. The van der Waals surface area contributed by atoms with Gasteiger partial charge in [0.2, 0.25) is 0 Å². The van der Waals surface area contributed by atoms with Crippen LogP contribution < -0.4 is 10.1 Å². The lowest BCUT2D eigenvalue weighted by atomic mass is 10.1. The van der Waals surface area contributed by atoms with Crippen molar-refractivity contribution in [1.82, 2.24) is 0 Å². The van der Waals surface area contributed by atoms with Crippen molar-refractivity contribution in [2.24, 2.45) is 0 Å². The second-order valence-electron chi connectivity index (χ2n) is 5.36. The van der Waals surface area contributed by atoms with E-state index in [0.717, 1.165) is 16.8 Å². The normalized spacial score (nSPS) is 11.3. The first-order valence-corrected chi connectivity index (χ1v) is 7.52. The molecule has 3 aromatic carbocycles. The summed E-state index contributed by atoms with van der Waals surface area (Å²) in [4.78, 5) is 12.0. The lowest BCUT2D eigenvalue weighted by Crippen LogP contribution is -2.22. The van der Waals surface area contributed by atoms with Crippen LogP contribution in [0.15, 0.2) is 66.7 Å². The van der Waals surface area contributed by atoms with Gasteiger partial charge < -0.3 is 10.1 Å². The second kappa shape index (κ2) is 6.84. The van der Waals surface area contributed by atoms with Crippen LogP contribution in [0.3, 0.4) is 0 Å². The number of ether oxygens (including phenoxy) is 1. The van der Waals surface area contributed by atoms with Gasteiger partial charge in [0.25, 0.3) is 5.91 Å². The lowest BCUT2D eigenvalue weighted by Gasteiger charge is -2.14. The maximum absolute atomic E-state index is 12.9. The van der Waals surface area contributed by atoms with Crippen molar-refractivity contribution in [2.45, 2.75) is 6.18 Å². The van der Waals surface area contributed by atoms with E-state index in [-0.39, 0.29) is 12.3 Å². The molecule has 1 N–H and O–H groups in total. The van der Waals surface area contributed by atoms with Crippen molar-refractivity contribution in [1.29, 1.82) is 0 Å². The molecule has 1 amide bonds. The molecule has 0 heterocycles. The van der Waals surface area contributed by atoms with Crippen molar-refractivity contribution in [3.05, 3.63) is 72.3 Å². The van der Waals surface area contributed by atoms with Gasteiger partial charge in [-0.05, 0) is 23.6 Å². The van der Waals surface area contributed by atoms with Crippen LogP contribution in [0.25, 0.3) is 10.8 Å². The van der Waals surface area contributed by atoms with Crippen LogP contribution in [-0.2, 0) is 11.0 Å². The Morgan fingerprint density at radius 1 is 0.920 bits per heavy atom. The molecule has 0 aromatic heterocycles. The van der Waals surface area contributed by atoms with Crippen molar-refractivity contribution in [3.8, 4) is 5.75 Å². The van der Waals surface area contributed by atoms with Gasteiger partial charge in [0.15, 0.2) is 6.61 Å². The summed E-state index contributed by atoms with van der Waals surface area (Å²) in [7, 11) is 0. The number of hydrogen-bond acceptors (Lipinski definition) is 2. The molecule has 0 aliphatic heterocycles. The molecular weight excluding hydrogens is 331 g/mol. The van der Waals surface area contributed by atoms with Crippen LogP contribution in [0.1, 0.15) is 5.56 Å². The molecule has 0 atom stereocenters. The molecule has 0 aliphatic rings. The number of anilines is 1. The number of amides is 1. The van der Waals surface area contributed by atoms with Gasteiger partial charge in [0, 0.05) is 5.39 Å². The zero-order valence-corrected chi connectivity index (χ0v) is 13.0. The zero-order chi connectivity index (χ0) is 17.9. The van der Waals surface area contributed by atoms with E-state index in [4.69, 9.17) is 4.74 Å². The average molecular weight is 345 g/mol. The minimum absolute atomic E-state index is 0.290. The molecule has 0 unspecified atom stereocenters. The Morgan fingerprint density at radius 3 is 2.40 bits per heavy atom. The minimum Gasteiger partial charge on any atom is -0.483 e. The SMILES string of the molecule is O=C(COc1cccc2ccccc12)Nc1ccccc1C(F)(F)F. The predicted octanol–water partition coefficient (Wildman–Crippen LogP) is 4.88. The highest BCUT2D eigenvalue weighted by Crippen LogP contribution is 2.34. The Hall–Kier alpha value is -3.02. The standard InChI is InChI=1S/C19H14F3NO2/c20-19(21,22)15-9-3-4-10-16(15)23-18(24)12-25-17-11-5-7-13-6-1-2-8-14(13)17/h1-11H,12H2,(H,23,24). The van der Waals surface area contributed by atoms with E-state index in [0.29, 0.717) is 5.75 Å². The van der Waals surface area contributed by atoms with Crippen LogP contribution in [0.5, 0.6) is 5.75 Å². The third kappa shape index (κ3) is 3.91. The van der Waals surface area contributed by atoms with Crippen LogP contribution in [0.4, 0.5) is 18.9 Å². The van der Waals surface area contributed by atoms with Crippen molar-refractivity contribution >= 4 is 22.4 Å². The van der Waals surface area contributed by atoms with E-state index in [1.807, 2.05) is 30.3 Å². The van der Waals surface area contributed by atoms with E-state index in [1.54, 1.807) is 12.1 Å². The van der Waals surface area contributed by atoms with Gasteiger partial charge >= 0.3 is 6.18 Å². The van der Waals surface area contributed by atoms with Crippen LogP contribution in [-0.4, -0.2) is 12.5 Å². The fraction of sp³-hybridized carbons (Fsp3) is 0.105. The highest BCUT2D eigenvalue weighted by molar-refractivity contribution is 5.93. The number of halogens is 3. The molecular formula is C19H14F3NO2. The molecule has 0 fully saturated rings. The van der Waals surface area contributed by atoms with Gasteiger partial charge in [-0.3, -0.25) is 4.79 Å². The fourth-order valence-electron chi connectivity index (χ4n) is 2.49. The van der Waals surface area contributed by atoms with E-state index in [2.05, 4.69) is 5.32 Å². The van der Waals surface area contributed by atoms with Gasteiger partial charge in [-0.15, -0.1) is 0 Å². The summed E-state index contributed by atoms with van der Waals surface area (Å²) < 4.78 is 44.3. The number of alkyl halides is 3. The van der Waals surface area contributed by atoms with Gasteiger partial charge in [0.1, 0.15) is 5.75 Å². The molecule has 128 valence electrons. The van der Waals surface area contributed by atoms with Crippen LogP contribution in [0, 0.1) is 0 Å². The number of carbonyl (C=O) groups excluding carboxylic acids is 1. The number of carbonyl (C=O) groups is 1. The number of fused-ring (bicyclic) bond motifs is 1. The van der Waals surface area contributed by atoms with Gasteiger partial charge in [-0.2, -0.15) is 13.2 Å². The van der Waals surface area contributed by atoms with Crippen LogP contribution >= 0.6 is 0 Å². The summed E-state index contributed by atoms with van der Waals surface area (Å²) in [5.41, 5.74) is -1.19. The quantitative estimate of drug-likeness (QED) is 0.732. The predicted molar refractivity (Wildman–Crippen MR) is 89.5 cm³/mol. The third-order valence-corrected chi connectivity index (χ3v) is 3.61. The smallest absolute Gasteiger partial charge is 0.418 e. The first-order chi connectivity index (χ1) is 11.9. The summed E-state index contributed by atoms with van der Waals surface area (Å²) in [5.74, 6) is -0.165. The first-order valence-electron chi connectivity index (χ1n) is 7.52. The number of para-hydroxylation sites is 1. The highest BCUT2D eigenvalue weighted by atomic mass is 19.4. The summed E-state index contributed by atoms with van der Waals surface area (Å²) in [5, 5.41) is 4.03. The molecule has 25 heavy (non-hydrogen) atoms. The fourth-order valence-corrected chi connectivity index (χ4v) is 2.49. The number of hydrogen-bond donors (Lipinski definition) is 1. The molecule has 0 radical (unpaired) electrons. The van der Waals surface area contributed by atoms with Gasteiger partial charge in [-0.25, -0.2) is 0 Å². The largest absolute Gasteiger partial charge is 0.483 e. The molecule has 3 nitrogen and oxygen atoms in total. The third-order valence-electron chi connectivity index (χ3n) is 3.61. The number of nitrogens with one attached hydrogen (secondary N) is 1. The molecule has 0 aliphatic carbocycles. The van der Waals surface area contributed by atoms with Crippen molar-refractivity contribution < 1.29 is 22.7 Å². The summed E-state index contributed by atoms with van der Waals surface area (Å²) >= 11 is 0. The molecule has 0 saturated heterocycles. The number of rotatable bonds is 4. The highest BCUT2D eigenvalue weighted by Gasteiger charge is 2.33. The number of benzene rings is 3. The van der Waals surface area contributed by atoms with Crippen LogP contribution in [0.2, 0.25) is 0 Å². The monoisotopic (exact) mass is 345 g/mol. The topological polar surface area (TPSA) is 38.3 Å². The Morgan fingerprint density at radius 2 is 1.60 bits per heavy atom. The van der Waals surface area contributed by atoms with E-state index >= 15 is 0 Å². The van der Waals surface area contributed by atoms with E-state index in [9.17, 15) is 18.0 Å². The summed E-state index contributed by atoms with van der Waals surface area (Å²) in [6.45, 7) is -0.389. The van der Waals surface area contributed by atoms with E-state index < -0.39 is 17.6 Å². The Kier molecular flexibility index (Phi) is 4.61. The molecule has 0 bridgehead atoms. The first kappa shape index (κ1) is 16.8. The summed E-state index contributed by atoms with van der Waals surface area (Å²) in [6, 6.07) is 17.7. The second-order valence-corrected chi connectivity index (χ2v) is 5.36. The summed E-state index contributed by atoms with van der Waals surface area (Å²) in [6.07, 6.45) is -4.54. The zero-order valence-electron chi connectivity index (χ0n) is 13.0. The Bertz CT molecular complexity index is 901. The molecule has 3 rings (SSSR count). The maximum atomic E-state index is 12.9. The van der Waals surface area contributed by atoms with Crippen molar-refractivity contribution in [3.63, 3.8) is 0 Å². The molecule has 0 saturated carbocycles. The molecule has 3 aromatic rings. The van der Waals surface area contributed by atoms with Crippen molar-refractivity contribution in [2.75, 3.05) is 11.9 Å². The molecule has 6 heteroatoms. The average Bonchev–Trinajstić information content (AvgIpc) is 2.59. The van der Waals surface area contributed by atoms with Gasteiger partial charge in [-0.1, -0.05) is 48.5 Å². The molecule has 0 spiro atoms. The van der Waals surface area contributed by atoms with E-state index in [1.165, 1.54) is 18.2 Å². The minimum atomic E-state index is -4.54.